The van der Waals surface area contributed by atoms with Gasteiger partial charge in [0.2, 0.25) is 6.79 Å². The van der Waals surface area contributed by atoms with Gasteiger partial charge in [-0.3, -0.25) is 0 Å². The zero-order chi connectivity index (χ0) is 17.4. The molecule has 3 rings (SSSR count). The molecule has 5 N–H and O–H groups in total. The van der Waals surface area contributed by atoms with Gasteiger partial charge in [0.15, 0.2) is 11.5 Å². The minimum Gasteiger partial charge on any atom is -0.454 e. The molecule has 0 spiro atoms. The molecule has 9 nitrogen and oxygen atoms in total. The van der Waals surface area contributed by atoms with Gasteiger partial charge in [-0.05, 0) is 17.7 Å². The molecule has 0 radical (unpaired) electrons. The smallest absolute Gasteiger partial charge is 0.407 e. The van der Waals surface area contributed by atoms with E-state index in [1.54, 1.807) is 18.2 Å². The number of carbonyl (C=O) groups is 1. The minimum atomic E-state index is -1.62. The maximum absolute atomic E-state index is 11.6. The van der Waals surface area contributed by atoms with Crippen LogP contribution in [-0.4, -0.2) is 70.9 Å². The minimum absolute atomic E-state index is 0.0693. The molecule has 0 saturated heterocycles. The number of aliphatic hydroxyl groups is 4. The Kier molecular flexibility index (Phi) is 4.50. The standard InChI is InChI=1S/C15H19NO8/c1-22-15(21)16-10-9(11(17)13(19)14(20)12(10)18)6-2-3-7-8(4-6)24-5-23-7/h2-4,9-14,17-20H,5H2,1H3,(H,16,21)/t9-,10-,11-,12+,13+,14+/m1/s1. The van der Waals surface area contributed by atoms with Crippen LogP contribution in [0.1, 0.15) is 11.5 Å². The van der Waals surface area contributed by atoms with E-state index in [9.17, 15) is 25.2 Å². The molecule has 1 aliphatic heterocycles. The molecule has 0 aromatic heterocycles. The third kappa shape index (κ3) is 2.75. The summed E-state index contributed by atoms with van der Waals surface area (Å²) in [5, 5.41) is 42.9. The Morgan fingerprint density at radius 2 is 1.75 bits per heavy atom. The van der Waals surface area contributed by atoms with E-state index in [0.717, 1.165) is 7.11 Å². The van der Waals surface area contributed by atoms with Crippen LogP contribution in [0.15, 0.2) is 18.2 Å². The summed E-state index contributed by atoms with van der Waals surface area (Å²) in [6.07, 6.45) is -6.96. The van der Waals surface area contributed by atoms with Gasteiger partial charge in [0, 0.05) is 5.92 Å². The van der Waals surface area contributed by atoms with Gasteiger partial charge in [0.05, 0.1) is 19.3 Å². The highest BCUT2D eigenvalue weighted by molar-refractivity contribution is 5.67. The summed E-state index contributed by atoms with van der Waals surface area (Å²) in [5.41, 5.74) is 0.498. The van der Waals surface area contributed by atoms with Crippen LogP contribution < -0.4 is 14.8 Å². The van der Waals surface area contributed by atoms with Crippen molar-refractivity contribution in [3.63, 3.8) is 0 Å². The number of carbonyl (C=O) groups excluding carboxylic acids is 1. The third-order valence-corrected chi connectivity index (χ3v) is 4.42. The van der Waals surface area contributed by atoms with Gasteiger partial charge in [-0.15, -0.1) is 0 Å². The number of alkyl carbamates (subject to hydrolysis) is 1. The Balaban J connectivity index is 1.97. The van der Waals surface area contributed by atoms with E-state index in [1.807, 2.05) is 0 Å². The average Bonchev–Trinajstić information content (AvgIpc) is 3.05. The maximum atomic E-state index is 11.6. The maximum Gasteiger partial charge on any atom is 0.407 e. The fourth-order valence-electron chi connectivity index (χ4n) is 3.15. The van der Waals surface area contributed by atoms with E-state index in [0.29, 0.717) is 17.1 Å². The average molecular weight is 341 g/mol. The van der Waals surface area contributed by atoms with Crippen LogP contribution in [0.4, 0.5) is 4.79 Å². The van der Waals surface area contributed by atoms with Crippen LogP contribution in [0.2, 0.25) is 0 Å². The number of nitrogens with one attached hydrogen (secondary N) is 1. The summed E-state index contributed by atoms with van der Waals surface area (Å²) >= 11 is 0. The van der Waals surface area contributed by atoms with Crippen molar-refractivity contribution in [2.45, 2.75) is 36.4 Å². The monoisotopic (exact) mass is 341 g/mol. The fourth-order valence-corrected chi connectivity index (χ4v) is 3.15. The zero-order valence-electron chi connectivity index (χ0n) is 12.8. The van der Waals surface area contributed by atoms with Crippen molar-refractivity contribution in [1.82, 2.24) is 5.32 Å². The second-order valence-corrected chi connectivity index (χ2v) is 5.76. The van der Waals surface area contributed by atoms with Gasteiger partial charge >= 0.3 is 6.09 Å². The van der Waals surface area contributed by atoms with Crippen molar-refractivity contribution in [2.24, 2.45) is 0 Å². The quantitative estimate of drug-likeness (QED) is 0.447. The van der Waals surface area contributed by atoms with Gasteiger partial charge in [-0.1, -0.05) is 6.07 Å². The van der Waals surface area contributed by atoms with Crippen molar-refractivity contribution >= 4 is 6.09 Å². The summed E-state index contributed by atoms with van der Waals surface area (Å²) < 4.78 is 15.0. The molecule has 24 heavy (non-hydrogen) atoms. The van der Waals surface area contributed by atoms with Crippen LogP contribution in [0, 0.1) is 0 Å². The molecule has 9 heteroatoms. The molecule has 1 fully saturated rings. The molecule has 0 bridgehead atoms. The highest BCUT2D eigenvalue weighted by atomic mass is 16.7. The van der Waals surface area contributed by atoms with Gasteiger partial charge in [-0.25, -0.2) is 4.79 Å². The lowest BCUT2D eigenvalue weighted by atomic mass is 9.73. The molecule has 132 valence electrons. The Labute approximate surface area is 137 Å². The number of ether oxygens (including phenoxy) is 3. The summed E-state index contributed by atoms with van der Waals surface area (Å²) in [5.74, 6) is 0.0845. The normalized spacial score (nSPS) is 34.7. The lowest BCUT2D eigenvalue weighted by molar-refractivity contribution is -0.154. The van der Waals surface area contributed by atoms with Crippen LogP contribution in [0.25, 0.3) is 0 Å². The van der Waals surface area contributed by atoms with E-state index in [1.165, 1.54) is 0 Å². The predicted molar refractivity (Wildman–Crippen MR) is 78.7 cm³/mol. The van der Waals surface area contributed by atoms with Gasteiger partial charge < -0.3 is 40.0 Å². The highest BCUT2D eigenvalue weighted by Gasteiger charge is 2.50. The SMILES string of the molecule is COC(=O)N[C@H]1[C@H](O)[C@H](O)[C@@H](O)[C@H](O)[C@@H]1c1ccc2c(c1)OCO2. The largest absolute Gasteiger partial charge is 0.454 e. The van der Waals surface area contributed by atoms with E-state index in [2.05, 4.69) is 10.1 Å². The van der Waals surface area contributed by atoms with Crippen LogP contribution in [-0.2, 0) is 4.74 Å². The second-order valence-electron chi connectivity index (χ2n) is 5.76. The number of aliphatic hydroxyl groups excluding tert-OH is 4. The van der Waals surface area contributed by atoms with Crippen molar-refractivity contribution in [3.05, 3.63) is 23.8 Å². The first-order chi connectivity index (χ1) is 11.4. The molecular weight excluding hydrogens is 322 g/mol. The second kappa shape index (κ2) is 6.44. The lowest BCUT2D eigenvalue weighted by Gasteiger charge is -2.44. The number of methoxy groups -OCH3 is 1. The van der Waals surface area contributed by atoms with Crippen LogP contribution >= 0.6 is 0 Å². The van der Waals surface area contributed by atoms with Crippen LogP contribution in [0.5, 0.6) is 11.5 Å². The Bertz CT molecular complexity index is 623. The number of hydrogen-bond acceptors (Lipinski definition) is 8. The zero-order valence-corrected chi connectivity index (χ0v) is 12.8. The first kappa shape index (κ1) is 16.8. The van der Waals surface area contributed by atoms with Crippen molar-refractivity contribution in [2.75, 3.05) is 13.9 Å². The van der Waals surface area contributed by atoms with Gasteiger partial charge in [0.1, 0.15) is 18.3 Å². The van der Waals surface area contributed by atoms with Crippen molar-refractivity contribution < 1.29 is 39.4 Å². The molecule has 1 saturated carbocycles. The van der Waals surface area contributed by atoms with Crippen molar-refractivity contribution in [1.29, 1.82) is 0 Å². The van der Waals surface area contributed by atoms with E-state index in [-0.39, 0.29) is 6.79 Å². The molecule has 1 heterocycles. The predicted octanol–water partition coefficient (Wildman–Crippen LogP) is -1.32. The molecule has 1 aromatic carbocycles. The molecule has 1 aliphatic carbocycles. The van der Waals surface area contributed by atoms with Crippen molar-refractivity contribution in [3.8, 4) is 11.5 Å². The van der Waals surface area contributed by atoms with Crippen LogP contribution in [0.3, 0.4) is 0 Å². The first-order valence-electron chi connectivity index (χ1n) is 7.40. The highest BCUT2D eigenvalue weighted by Crippen LogP contribution is 2.39. The van der Waals surface area contributed by atoms with E-state index >= 15 is 0 Å². The Hall–Kier alpha value is -2.07. The van der Waals surface area contributed by atoms with Gasteiger partial charge in [-0.2, -0.15) is 0 Å². The summed E-state index contributed by atoms with van der Waals surface area (Å²) in [7, 11) is 1.15. The Morgan fingerprint density at radius 1 is 1.08 bits per heavy atom. The Morgan fingerprint density at radius 3 is 2.46 bits per heavy atom. The molecule has 2 aliphatic rings. The first-order valence-corrected chi connectivity index (χ1v) is 7.40. The number of rotatable bonds is 2. The summed E-state index contributed by atoms with van der Waals surface area (Å²) in [6, 6.07) is 3.78. The number of fused-ring (bicyclic) bond motifs is 1. The molecule has 6 atom stereocenters. The van der Waals surface area contributed by atoms with E-state index in [4.69, 9.17) is 9.47 Å². The van der Waals surface area contributed by atoms with E-state index < -0.39 is 42.5 Å². The molecule has 1 aromatic rings. The molecule has 1 amide bonds. The number of benzene rings is 1. The van der Waals surface area contributed by atoms with Gasteiger partial charge in [0.25, 0.3) is 0 Å². The number of amides is 1. The topological polar surface area (TPSA) is 138 Å². The third-order valence-electron chi connectivity index (χ3n) is 4.42. The summed E-state index contributed by atoms with van der Waals surface area (Å²) in [6.45, 7) is 0.0693. The summed E-state index contributed by atoms with van der Waals surface area (Å²) in [4.78, 5) is 11.6. The lowest BCUT2D eigenvalue weighted by Crippen LogP contribution is -2.64. The number of hydrogen-bond donors (Lipinski definition) is 5. The molecule has 0 unspecified atom stereocenters. The fraction of sp³-hybridized carbons (Fsp3) is 0.533. The molecular formula is C15H19NO8.